The summed E-state index contributed by atoms with van der Waals surface area (Å²) in [6.45, 7) is 8.53. The SMILES string of the molecule is [CH2]C1(C)[C@@H](OC(=O)C2CC2)CC[C@]2(C)[C@@H]3C(Oc4cc(-c5cccnc5)oc(=O)c4[C@@H]3O)C(O)C[C@@H]12. The van der Waals surface area contributed by atoms with E-state index in [-0.39, 0.29) is 41.0 Å². The minimum Gasteiger partial charge on any atom is -0.486 e. The van der Waals surface area contributed by atoms with Gasteiger partial charge in [0.05, 0.1) is 18.1 Å². The second-order valence-electron chi connectivity index (χ2n) is 11.6. The van der Waals surface area contributed by atoms with Crippen LogP contribution in [0.3, 0.4) is 0 Å². The number of fused-ring (bicyclic) bond motifs is 4. The fraction of sp³-hybridized carbons (Fsp3) is 0.571. The van der Waals surface area contributed by atoms with Crippen LogP contribution in [0.15, 0.2) is 39.8 Å². The van der Waals surface area contributed by atoms with Gasteiger partial charge >= 0.3 is 11.6 Å². The number of ether oxygens (including phenoxy) is 2. The molecule has 3 fully saturated rings. The Morgan fingerprint density at radius 3 is 2.72 bits per heavy atom. The van der Waals surface area contributed by atoms with Crippen molar-refractivity contribution < 1.29 is 28.9 Å². The summed E-state index contributed by atoms with van der Waals surface area (Å²) in [5, 5.41) is 22.9. The predicted molar refractivity (Wildman–Crippen MR) is 129 cm³/mol. The van der Waals surface area contributed by atoms with E-state index in [1.165, 1.54) is 0 Å². The van der Waals surface area contributed by atoms with E-state index in [4.69, 9.17) is 13.9 Å². The summed E-state index contributed by atoms with van der Waals surface area (Å²) in [7, 11) is 0. The maximum atomic E-state index is 13.1. The molecule has 3 unspecified atom stereocenters. The van der Waals surface area contributed by atoms with Crippen LogP contribution in [0.5, 0.6) is 5.75 Å². The zero-order valence-electron chi connectivity index (χ0n) is 20.6. The van der Waals surface area contributed by atoms with Gasteiger partial charge in [0.2, 0.25) is 0 Å². The number of aliphatic hydroxyl groups is 2. The average Bonchev–Trinajstić information content (AvgIpc) is 3.69. The predicted octanol–water partition coefficient (Wildman–Crippen LogP) is 3.46. The van der Waals surface area contributed by atoms with E-state index in [0.717, 1.165) is 12.8 Å². The minimum atomic E-state index is -1.18. The molecule has 6 rings (SSSR count). The molecule has 0 bridgehead atoms. The molecule has 0 saturated heterocycles. The van der Waals surface area contributed by atoms with Crippen LogP contribution in [-0.4, -0.2) is 39.5 Å². The first-order chi connectivity index (χ1) is 17.1. The fourth-order valence-electron chi connectivity index (χ4n) is 7.12. The maximum Gasteiger partial charge on any atom is 0.345 e. The van der Waals surface area contributed by atoms with E-state index in [1.54, 1.807) is 30.6 Å². The molecule has 8 nitrogen and oxygen atoms in total. The zero-order chi connectivity index (χ0) is 25.4. The van der Waals surface area contributed by atoms with Gasteiger partial charge in [-0.2, -0.15) is 0 Å². The molecule has 36 heavy (non-hydrogen) atoms. The molecule has 0 spiro atoms. The lowest BCUT2D eigenvalue weighted by molar-refractivity contribution is -0.222. The zero-order valence-corrected chi connectivity index (χ0v) is 20.6. The summed E-state index contributed by atoms with van der Waals surface area (Å²) in [6.07, 6.45) is 3.46. The normalized spacial score (nSPS) is 36.6. The van der Waals surface area contributed by atoms with Crippen molar-refractivity contribution in [2.75, 3.05) is 0 Å². The van der Waals surface area contributed by atoms with Gasteiger partial charge in [-0.05, 0) is 62.5 Å². The Labute approximate surface area is 209 Å². The van der Waals surface area contributed by atoms with Gasteiger partial charge in [0, 0.05) is 35.4 Å². The molecule has 3 saturated carbocycles. The van der Waals surface area contributed by atoms with Crippen molar-refractivity contribution in [3.8, 4) is 17.1 Å². The van der Waals surface area contributed by atoms with Gasteiger partial charge in [0.25, 0.3) is 0 Å². The van der Waals surface area contributed by atoms with Crippen LogP contribution < -0.4 is 10.4 Å². The standard InChI is InChI=1S/C28H32NO7/c1-27(2)19-11-16(30)24-22(28(19,3)9-8-20(27)36-25(32)14-6-7-14)23(31)21-18(34-24)12-17(35-26(21)33)15-5-4-10-29-13-15/h4-5,10,12-14,16,19-20,22-24,30-31H,1,6-9,11H2,2-3H3/t16?,19-,20-,22-,23-,24?,27?,28-/m0/s1. The highest BCUT2D eigenvalue weighted by molar-refractivity contribution is 5.75. The molecule has 0 amide bonds. The highest BCUT2D eigenvalue weighted by Gasteiger charge is 2.64. The summed E-state index contributed by atoms with van der Waals surface area (Å²) >= 11 is 0. The van der Waals surface area contributed by atoms with Crippen LogP contribution in [0.1, 0.15) is 57.6 Å². The number of hydrogen-bond donors (Lipinski definition) is 2. The number of aromatic nitrogens is 1. The summed E-state index contributed by atoms with van der Waals surface area (Å²) in [4.78, 5) is 29.6. The molecule has 0 aromatic carbocycles. The Balaban J connectivity index is 1.36. The van der Waals surface area contributed by atoms with Crippen LogP contribution >= 0.6 is 0 Å². The second kappa shape index (κ2) is 8.15. The van der Waals surface area contributed by atoms with Gasteiger partial charge in [-0.1, -0.05) is 13.8 Å². The Bertz CT molecular complexity index is 1240. The summed E-state index contributed by atoms with van der Waals surface area (Å²) in [5.41, 5.74) is -1.15. The molecule has 3 heterocycles. The van der Waals surface area contributed by atoms with Crippen LogP contribution in [0.25, 0.3) is 11.3 Å². The molecule has 1 aliphatic heterocycles. The van der Waals surface area contributed by atoms with Gasteiger partial charge in [-0.25, -0.2) is 4.79 Å². The first-order valence-electron chi connectivity index (χ1n) is 12.8. The van der Waals surface area contributed by atoms with Crippen molar-refractivity contribution in [2.45, 2.75) is 70.4 Å². The number of carbonyl (C=O) groups is 1. The second-order valence-corrected chi connectivity index (χ2v) is 11.6. The molecular formula is C28H32NO7. The van der Waals surface area contributed by atoms with E-state index in [9.17, 15) is 19.8 Å². The lowest BCUT2D eigenvalue weighted by atomic mass is 9.45. The van der Waals surface area contributed by atoms with Gasteiger partial charge < -0.3 is 24.1 Å². The van der Waals surface area contributed by atoms with Gasteiger partial charge in [-0.3, -0.25) is 9.78 Å². The molecule has 3 aliphatic carbocycles. The van der Waals surface area contributed by atoms with Crippen LogP contribution in [0.4, 0.5) is 0 Å². The topological polar surface area (TPSA) is 119 Å². The fourth-order valence-corrected chi connectivity index (χ4v) is 7.12. The third-order valence-electron chi connectivity index (χ3n) is 9.21. The van der Waals surface area contributed by atoms with Gasteiger partial charge in [0.1, 0.15) is 29.3 Å². The monoisotopic (exact) mass is 494 g/mol. The van der Waals surface area contributed by atoms with E-state index >= 15 is 0 Å². The van der Waals surface area contributed by atoms with Crippen molar-refractivity contribution in [1.82, 2.24) is 4.98 Å². The van der Waals surface area contributed by atoms with Crippen molar-refractivity contribution in [3.05, 3.63) is 53.5 Å². The average molecular weight is 495 g/mol. The van der Waals surface area contributed by atoms with Crippen molar-refractivity contribution >= 4 is 5.97 Å². The summed E-state index contributed by atoms with van der Waals surface area (Å²) in [6, 6.07) is 5.10. The van der Waals surface area contributed by atoms with Crippen LogP contribution in [0.2, 0.25) is 0 Å². The molecule has 191 valence electrons. The van der Waals surface area contributed by atoms with E-state index in [2.05, 4.69) is 18.8 Å². The molecular weight excluding hydrogens is 462 g/mol. The lowest BCUT2D eigenvalue weighted by Crippen LogP contribution is -2.65. The lowest BCUT2D eigenvalue weighted by Gasteiger charge is -2.63. The number of aliphatic hydroxyl groups excluding tert-OH is 2. The molecule has 1 radical (unpaired) electrons. The summed E-state index contributed by atoms with van der Waals surface area (Å²) in [5.74, 6) is -0.360. The molecule has 8 heteroatoms. The number of esters is 1. The largest absolute Gasteiger partial charge is 0.486 e. The Morgan fingerprint density at radius 2 is 2.03 bits per heavy atom. The number of hydrogen-bond acceptors (Lipinski definition) is 8. The number of rotatable bonds is 3. The third-order valence-corrected chi connectivity index (χ3v) is 9.21. The van der Waals surface area contributed by atoms with Crippen LogP contribution in [0, 0.1) is 35.5 Å². The Kier molecular flexibility index (Phi) is 5.36. The van der Waals surface area contributed by atoms with Gasteiger partial charge in [0.15, 0.2) is 0 Å². The smallest absolute Gasteiger partial charge is 0.345 e. The molecule has 2 aromatic rings. The Morgan fingerprint density at radius 1 is 1.25 bits per heavy atom. The molecule has 4 aliphatic rings. The summed E-state index contributed by atoms with van der Waals surface area (Å²) < 4.78 is 17.8. The number of carbonyl (C=O) groups excluding carboxylic acids is 1. The molecule has 2 aromatic heterocycles. The number of nitrogens with zero attached hydrogens (tertiary/aromatic N) is 1. The highest BCUT2D eigenvalue weighted by Crippen LogP contribution is 2.64. The highest BCUT2D eigenvalue weighted by atomic mass is 16.5. The Hall–Kier alpha value is -2.71. The van der Waals surface area contributed by atoms with Crippen molar-refractivity contribution in [3.63, 3.8) is 0 Å². The maximum absolute atomic E-state index is 13.1. The van der Waals surface area contributed by atoms with Gasteiger partial charge in [-0.15, -0.1) is 0 Å². The minimum absolute atomic E-state index is 0.00344. The first-order valence-corrected chi connectivity index (χ1v) is 12.8. The molecule has 2 N–H and O–H groups in total. The third kappa shape index (κ3) is 3.52. The molecule has 8 atom stereocenters. The quantitative estimate of drug-likeness (QED) is 0.623. The van der Waals surface area contributed by atoms with Crippen molar-refractivity contribution in [2.24, 2.45) is 28.6 Å². The first kappa shape index (κ1) is 23.7. The van der Waals surface area contributed by atoms with E-state index in [0.29, 0.717) is 24.8 Å². The van der Waals surface area contributed by atoms with E-state index < -0.39 is 40.7 Å². The van der Waals surface area contributed by atoms with Crippen molar-refractivity contribution in [1.29, 1.82) is 0 Å². The number of pyridine rings is 1. The van der Waals surface area contributed by atoms with E-state index in [1.807, 2.05) is 6.92 Å². The van der Waals surface area contributed by atoms with Crippen LogP contribution in [-0.2, 0) is 9.53 Å².